The molecule has 0 atom stereocenters. The van der Waals surface area contributed by atoms with Crippen molar-refractivity contribution >= 4 is 33.8 Å². The van der Waals surface area contributed by atoms with Crippen LogP contribution in [0.2, 0.25) is 0 Å². The van der Waals surface area contributed by atoms with Gasteiger partial charge in [-0.1, -0.05) is 18.6 Å². The molecule has 2 N–H and O–H groups in total. The zero-order valence-electron chi connectivity index (χ0n) is 14.3. The van der Waals surface area contributed by atoms with E-state index in [1.165, 1.54) is 0 Å². The number of benzene rings is 1. The summed E-state index contributed by atoms with van der Waals surface area (Å²) in [6, 6.07) is 7.61. The summed E-state index contributed by atoms with van der Waals surface area (Å²) in [5.41, 5.74) is 2.49. The number of carbonyl (C=O) groups is 2. The molecule has 2 aromatic heterocycles. The van der Waals surface area contributed by atoms with Crippen LogP contribution in [0.5, 0.6) is 0 Å². The predicted octanol–water partition coefficient (Wildman–Crippen LogP) is 2.99. The summed E-state index contributed by atoms with van der Waals surface area (Å²) in [6.07, 6.45) is 7.16. The summed E-state index contributed by atoms with van der Waals surface area (Å²) in [5, 5.41) is 7.83. The molecule has 0 saturated heterocycles. The number of fused-ring (bicyclic) bond motifs is 1. The average molecular weight is 368 g/mol. The normalized spacial score (nSPS) is 14.2. The standard InChI is InChI=1S/C19H20N4O2S/c24-17(10-16-12-23-7-8-26-19(23)22-16)20-11-13-3-1-6-15(9-13)21-18(25)14-4-2-5-14/h1,3,6-9,12,14H,2,4-5,10-11H2,(H,20,24)(H,21,25). The topological polar surface area (TPSA) is 75.5 Å². The van der Waals surface area contributed by atoms with Crippen molar-refractivity contribution < 1.29 is 9.59 Å². The Bertz CT molecular complexity index is 913. The maximum Gasteiger partial charge on any atom is 0.227 e. The molecule has 3 aromatic rings. The third-order valence-corrected chi connectivity index (χ3v) is 5.42. The maximum atomic E-state index is 12.2. The minimum absolute atomic E-state index is 0.0698. The Labute approximate surface area is 155 Å². The van der Waals surface area contributed by atoms with Crippen LogP contribution in [-0.2, 0) is 22.6 Å². The van der Waals surface area contributed by atoms with Crippen molar-refractivity contribution in [2.75, 3.05) is 5.32 Å². The summed E-state index contributed by atoms with van der Waals surface area (Å²) >= 11 is 1.55. The first-order chi connectivity index (χ1) is 12.7. The van der Waals surface area contributed by atoms with Gasteiger partial charge < -0.3 is 10.6 Å². The van der Waals surface area contributed by atoms with Crippen molar-refractivity contribution in [3.8, 4) is 0 Å². The van der Waals surface area contributed by atoms with Gasteiger partial charge in [0.1, 0.15) is 0 Å². The van der Waals surface area contributed by atoms with E-state index in [9.17, 15) is 9.59 Å². The SMILES string of the molecule is O=C(Cc1cn2ccsc2n1)NCc1cccc(NC(=O)C2CCC2)c1. The van der Waals surface area contributed by atoms with Crippen LogP contribution in [0.4, 0.5) is 5.69 Å². The summed E-state index contributed by atoms with van der Waals surface area (Å²) in [4.78, 5) is 29.5. The number of nitrogens with zero attached hydrogens (tertiary/aromatic N) is 2. The van der Waals surface area contributed by atoms with E-state index in [4.69, 9.17) is 0 Å². The quantitative estimate of drug-likeness (QED) is 0.702. The second kappa shape index (κ2) is 7.29. The molecule has 0 radical (unpaired) electrons. The van der Waals surface area contributed by atoms with Crippen LogP contribution in [0.1, 0.15) is 30.5 Å². The Morgan fingerprint density at radius 3 is 2.96 bits per heavy atom. The number of carbonyl (C=O) groups excluding carboxylic acids is 2. The zero-order chi connectivity index (χ0) is 17.9. The van der Waals surface area contributed by atoms with Crippen LogP contribution in [0.25, 0.3) is 4.96 Å². The molecule has 2 amide bonds. The Hall–Kier alpha value is -2.67. The molecule has 0 bridgehead atoms. The number of hydrogen-bond donors (Lipinski definition) is 2. The van der Waals surface area contributed by atoms with Gasteiger partial charge in [-0.2, -0.15) is 0 Å². The number of rotatable bonds is 6. The number of anilines is 1. The van der Waals surface area contributed by atoms with Crippen LogP contribution in [-0.4, -0.2) is 21.2 Å². The number of aromatic nitrogens is 2. The Morgan fingerprint density at radius 2 is 2.19 bits per heavy atom. The monoisotopic (exact) mass is 368 g/mol. The lowest BCUT2D eigenvalue weighted by atomic mass is 9.85. The van der Waals surface area contributed by atoms with Crippen molar-refractivity contribution in [1.29, 1.82) is 0 Å². The molecule has 1 aliphatic rings. The van der Waals surface area contributed by atoms with Crippen LogP contribution in [0.15, 0.2) is 42.0 Å². The van der Waals surface area contributed by atoms with Gasteiger partial charge in [0, 0.05) is 35.9 Å². The highest BCUT2D eigenvalue weighted by Crippen LogP contribution is 2.27. The first-order valence-electron chi connectivity index (χ1n) is 8.75. The predicted molar refractivity (Wildman–Crippen MR) is 101 cm³/mol. The van der Waals surface area contributed by atoms with Gasteiger partial charge in [0.2, 0.25) is 11.8 Å². The van der Waals surface area contributed by atoms with Gasteiger partial charge in [-0.3, -0.25) is 14.0 Å². The van der Waals surface area contributed by atoms with Crippen molar-refractivity contribution in [2.24, 2.45) is 5.92 Å². The fourth-order valence-corrected chi connectivity index (χ4v) is 3.68. The molecule has 2 heterocycles. The molecule has 7 heteroatoms. The van der Waals surface area contributed by atoms with Gasteiger partial charge in [-0.15, -0.1) is 11.3 Å². The highest BCUT2D eigenvalue weighted by molar-refractivity contribution is 7.15. The summed E-state index contributed by atoms with van der Waals surface area (Å²) in [6.45, 7) is 0.425. The molecule has 26 heavy (non-hydrogen) atoms. The van der Waals surface area contributed by atoms with Gasteiger partial charge >= 0.3 is 0 Å². The minimum atomic E-state index is -0.0698. The van der Waals surface area contributed by atoms with Gasteiger partial charge in [-0.05, 0) is 30.5 Å². The second-order valence-corrected chi connectivity index (χ2v) is 7.47. The maximum absolute atomic E-state index is 12.2. The van der Waals surface area contributed by atoms with E-state index in [2.05, 4.69) is 15.6 Å². The fraction of sp³-hybridized carbons (Fsp3) is 0.316. The molecular weight excluding hydrogens is 348 g/mol. The molecule has 4 rings (SSSR count). The van der Waals surface area contributed by atoms with E-state index in [1.807, 2.05) is 46.4 Å². The molecule has 0 unspecified atom stereocenters. The first kappa shape index (κ1) is 16.8. The van der Waals surface area contributed by atoms with Crippen LogP contribution in [0.3, 0.4) is 0 Å². The van der Waals surface area contributed by atoms with Crippen molar-refractivity contribution in [2.45, 2.75) is 32.2 Å². The molecule has 134 valence electrons. The number of thiazole rings is 1. The molecular formula is C19H20N4O2S. The molecule has 1 fully saturated rings. The van der Waals surface area contributed by atoms with Crippen LogP contribution in [0, 0.1) is 5.92 Å². The number of hydrogen-bond acceptors (Lipinski definition) is 4. The van der Waals surface area contributed by atoms with Crippen molar-refractivity contribution in [3.63, 3.8) is 0 Å². The van der Waals surface area contributed by atoms with Gasteiger partial charge in [0.15, 0.2) is 4.96 Å². The van der Waals surface area contributed by atoms with Crippen molar-refractivity contribution in [1.82, 2.24) is 14.7 Å². The van der Waals surface area contributed by atoms with Crippen molar-refractivity contribution in [3.05, 3.63) is 53.3 Å². The molecule has 0 spiro atoms. The number of amides is 2. The molecule has 6 nitrogen and oxygen atoms in total. The molecule has 0 aliphatic heterocycles. The highest BCUT2D eigenvalue weighted by Gasteiger charge is 2.25. The fourth-order valence-electron chi connectivity index (χ4n) is 2.96. The molecule has 1 aliphatic carbocycles. The number of nitrogens with one attached hydrogen (secondary N) is 2. The van der Waals surface area contributed by atoms with E-state index >= 15 is 0 Å². The van der Waals surface area contributed by atoms with Gasteiger partial charge in [0.05, 0.1) is 12.1 Å². The Kier molecular flexibility index (Phi) is 4.71. The highest BCUT2D eigenvalue weighted by atomic mass is 32.1. The lowest BCUT2D eigenvalue weighted by Crippen LogP contribution is -2.28. The van der Waals surface area contributed by atoms with Gasteiger partial charge in [0.25, 0.3) is 0 Å². The smallest absolute Gasteiger partial charge is 0.227 e. The lowest BCUT2D eigenvalue weighted by molar-refractivity contribution is -0.122. The molecule has 1 aromatic carbocycles. The van der Waals surface area contributed by atoms with Gasteiger partial charge in [-0.25, -0.2) is 4.98 Å². The minimum Gasteiger partial charge on any atom is -0.352 e. The Morgan fingerprint density at radius 1 is 1.31 bits per heavy atom. The van der Waals surface area contributed by atoms with E-state index in [-0.39, 0.29) is 24.2 Å². The third kappa shape index (κ3) is 3.77. The zero-order valence-corrected chi connectivity index (χ0v) is 15.1. The largest absolute Gasteiger partial charge is 0.352 e. The van der Waals surface area contributed by atoms with Crippen LogP contribution < -0.4 is 10.6 Å². The van der Waals surface area contributed by atoms with E-state index in [0.717, 1.165) is 41.2 Å². The Balaban J connectivity index is 1.30. The third-order valence-electron chi connectivity index (χ3n) is 4.64. The second-order valence-electron chi connectivity index (χ2n) is 6.60. The van der Waals surface area contributed by atoms with E-state index in [0.29, 0.717) is 6.54 Å². The lowest BCUT2D eigenvalue weighted by Gasteiger charge is -2.24. The molecule has 1 saturated carbocycles. The van der Waals surface area contributed by atoms with Crippen LogP contribution >= 0.6 is 11.3 Å². The first-order valence-corrected chi connectivity index (χ1v) is 9.63. The average Bonchev–Trinajstić information content (AvgIpc) is 3.13. The summed E-state index contributed by atoms with van der Waals surface area (Å²) in [7, 11) is 0. The summed E-state index contributed by atoms with van der Waals surface area (Å²) in [5.74, 6) is 0.180. The summed E-state index contributed by atoms with van der Waals surface area (Å²) < 4.78 is 1.92. The van der Waals surface area contributed by atoms with E-state index < -0.39 is 0 Å². The number of imidazole rings is 1. The van der Waals surface area contributed by atoms with E-state index in [1.54, 1.807) is 11.3 Å².